The Morgan fingerprint density at radius 2 is 1.88 bits per heavy atom. The first-order valence-electron chi connectivity index (χ1n) is 5.97. The fourth-order valence-corrected chi connectivity index (χ4v) is 1.68. The van der Waals surface area contributed by atoms with E-state index < -0.39 is 0 Å². The molecule has 0 bridgehead atoms. The predicted molar refractivity (Wildman–Crippen MR) is 70.6 cm³/mol. The lowest BCUT2D eigenvalue weighted by Gasteiger charge is -2.08. The third-order valence-corrected chi connectivity index (χ3v) is 2.68. The van der Waals surface area contributed by atoms with Gasteiger partial charge in [-0.2, -0.15) is 5.10 Å². The molecule has 0 aliphatic rings. The maximum Gasteiger partial charge on any atom is 0.0923 e. The van der Waals surface area contributed by atoms with Crippen LogP contribution in [0.5, 0.6) is 0 Å². The molecule has 0 saturated carbocycles. The molecule has 0 atom stereocenters. The van der Waals surface area contributed by atoms with Crippen LogP contribution in [0.25, 0.3) is 11.3 Å². The van der Waals surface area contributed by atoms with E-state index in [0.29, 0.717) is 6.04 Å². The van der Waals surface area contributed by atoms with Crippen molar-refractivity contribution in [3.8, 4) is 11.3 Å². The van der Waals surface area contributed by atoms with E-state index >= 15 is 0 Å². The number of aryl methyl sites for hydroxylation is 1. The van der Waals surface area contributed by atoms with Gasteiger partial charge in [-0.1, -0.05) is 38.1 Å². The second kappa shape index (κ2) is 5.15. The highest BCUT2D eigenvalue weighted by atomic mass is 15.2. The van der Waals surface area contributed by atoms with Crippen molar-refractivity contribution in [1.29, 1.82) is 0 Å². The number of aromatic nitrogens is 2. The summed E-state index contributed by atoms with van der Waals surface area (Å²) >= 11 is 0. The number of nitrogens with one attached hydrogen (secondary N) is 1. The standard InChI is InChI=1S/C14H19N3/c1-11(2)15-10-12-4-6-13(7-5-12)14-8-9-17(3)16-14/h4-9,11,15H,10H2,1-3H3. The van der Waals surface area contributed by atoms with Crippen molar-refractivity contribution in [3.05, 3.63) is 42.1 Å². The Balaban J connectivity index is 2.07. The number of nitrogens with zero attached hydrogens (tertiary/aromatic N) is 2. The Kier molecular flexibility index (Phi) is 3.59. The molecule has 0 fully saturated rings. The minimum absolute atomic E-state index is 0.519. The van der Waals surface area contributed by atoms with Crippen molar-refractivity contribution in [2.24, 2.45) is 7.05 Å². The average molecular weight is 229 g/mol. The van der Waals surface area contributed by atoms with E-state index in [1.54, 1.807) is 0 Å². The Labute approximate surface area is 102 Å². The third-order valence-electron chi connectivity index (χ3n) is 2.68. The zero-order valence-electron chi connectivity index (χ0n) is 10.6. The monoisotopic (exact) mass is 229 g/mol. The van der Waals surface area contributed by atoms with Crippen molar-refractivity contribution in [3.63, 3.8) is 0 Å². The SMILES string of the molecule is CC(C)NCc1ccc(-c2ccn(C)n2)cc1. The van der Waals surface area contributed by atoms with Crippen LogP contribution in [-0.4, -0.2) is 15.8 Å². The molecule has 1 N–H and O–H groups in total. The van der Waals surface area contributed by atoms with Crippen molar-refractivity contribution in [2.45, 2.75) is 26.4 Å². The number of hydrogen-bond acceptors (Lipinski definition) is 2. The van der Waals surface area contributed by atoms with Gasteiger partial charge in [-0.05, 0) is 11.6 Å². The van der Waals surface area contributed by atoms with E-state index in [-0.39, 0.29) is 0 Å². The summed E-state index contributed by atoms with van der Waals surface area (Å²) in [5, 5.41) is 7.79. The van der Waals surface area contributed by atoms with E-state index in [0.717, 1.165) is 12.2 Å². The van der Waals surface area contributed by atoms with Gasteiger partial charge in [0.15, 0.2) is 0 Å². The van der Waals surface area contributed by atoms with Crippen molar-refractivity contribution in [2.75, 3.05) is 0 Å². The van der Waals surface area contributed by atoms with Crippen molar-refractivity contribution in [1.82, 2.24) is 15.1 Å². The van der Waals surface area contributed by atoms with Crippen LogP contribution >= 0.6 is 0 Å². The first kappa shape index (κ1) is 11.9. The quantitative estimate of drug-likeness (QED) is 0.873. The Hall–Kier alpha value is -1.61. The Morgan fingerprint density at radius 3 is 2.41 bits per heavy atom. The molecule has 3 nitrogen and oxygen atoms in total. The van der Waals surface area contributed by atoms with E-state index in [4.69, 9.17) is 0 Å². The number of hydrogen-bond donors (Lipinski definition) is 1. The second-order valence-corrected chi connectivity index (χ2v) is 4.61. The number of rotatable bonds is 4. The topological polar surface area (TPSA) is 29.9 Å². The molecule has 0 aliphatic heterocycles. The highest BCUT2D eigenvalue weighted by Crippen LogP contribution is 2.17. The fraction of sp³-hybridized carbons (Fsp3) is 0.357. The summed E-state index contributed by atoms with van der Waals surface area (Å²) in [7, 11) is 1.93. The lowest BCUT2D eigenvalue weighted by molar-refractivity contribution is 0.589. The summed E-state index contributed by atoms with van der Waals surface area (Å²) in [6.07, 6.45) is 1.96. The van der Waals surface area contributed by atoms with E-state index in [9.17, 15) is 0 Å². The Bertz CT molecular complexity index is 468. The maximum absolute atomic E-state index is 4.39. The van der Waals surface area contributed by atoms with Crippen LogP contribution in [-0.2, 0) is 13.6 Å². The minimum atomic E-state index is 0.519. The zero-order valence-corrected chi connectivity index (χ0v) is 10.6. The lowest BCUT2D eigenvalue weighted by atomic mass is 10.1. The molecule has 1 aromatic carbocycles. The van der Waals surface area contributed by atoms with Gasteiger partial charge in [-0.25, -0.2) is 0 Å². The summed E-state index contributed by atoms with van der Waals surface area (Å²) in [4.78, 5) is 0. The average Bonchev–Trinajstić information content (AvgIpc) is 2.74. The smallest absolute Gasteiger partial charge is 0.0923 e. The molecule has 0 spiro atoms. The molecule has 0 amide bonds. The van der Waals surface area contributed by atoms with Gasteiger partial charge in [0, 0.05) is 31.4 Å². The van der Waals surface area contributed by atoms with Gasteiger partial charge in [-0.15, -0.1) is 0 Å². The van der Waals surface area contributed by atoms with Crippen LogP contribution in [0, 0.1) is 0 Å². The van der Waals surface area contributed by atoms with Gasteiger partial charge in [0.1, 0.15) is 0 Å². The molecule has 0 unspecified atom stereocenters. The van der Waals surface area contributed by atoms with E-state index in [2.05, 4.69) is 48.5 Å². The van der Waals surface area contributed by atoms with Crippen LogP contribution in [0.2, 0.25) is 0 Å². The summed E-state index contributed by atoms with van der Waals surface area (Å²) < 4.78 is 1.82. The highest BCUT2D eigenvalue weighted by Gasteiger charge is 2.01. The highest BCUT2D eigenvalue weighted by molar-refractivity contribution is 5.58. The van der Waals surface area contributed by atoms with Crippen molar-refractivity contribution < 1.29 is 0 Å². The fourth-order valence-electron chi connectivity index (χ4n) is 1.68. The van der Waals surface area contributed by atoms with Crippen LogP contribution in [0.3, 0.4) is 0 Å². The summed E-state index contributed by atoms with van der Waals surface area (Å²) in [5.41, 5.74) is 3.49. The molecule has 0 saturated heterocycles. The third kappa shape index (κ3) is 3.17. The second-order valence-electron chi connectivity index (χ2n) is 4.61. The predicted octanol–water partition coefficient (Wildman–Crippen LogP) is 2.59. The molecule has 2 rings (SSSR count). The number of benzene rings is 1. The molecule has 2 aromatic rings. The van der Waals surface area contributed by atoms with Gasteiger partial charge >= 0.3 is 0 Å². The van der Waals surface area contributed by atoms with Crippen LogP contribution in [0.15, 0.2) is 36.5 Å². The molecular formula is C14H19N3. The molecule has 1 aromatic heterocycles. The summed E-state index contributed by atoms with van der Waals surface area (Å²) in [6, 6.07) is 11.1. The normalized spacial score (nSPS) is 11.1. The van der Waals surface area contributed by atoms with Crippen LogP contribution in [0.4, 0.5) is 0 Å². The van der Waals surface area contributed by atoms with E-state index in [1.165, 1.54) is 11.1 Å². The van der Waals surface area contributed by atoms with Gasteiger partial charge in [0.05, 0.1) is 5.69 Å². The minimum Gasteiger partial charge on any atom is -0.310 e. The Morgan fingerprint density at radius 1 is 1.18 bits per heavy atom. The summed E-state index contributed by atoms with van der Waals surface area (Å²) in [6.45, 7) is 5.23. The van der Waals surface area contributed by atoms with Gasteiger partial charge < -0.3 is 5.32 Å². The molecule has 17 heavy (non-hydrogen) atoms. The van der Waals surface area contributed by atoms with Crippen LogP contribution < -0.4 is 5.32 Å². The largest absolute Gasteiger partial charge is 0.310 e. The zero-order chi connectivity index (χ0) is 12.3. The lowest BCUT2D eigenvalue weighted by Crippen LogP contribution is -2.21. The van der Waals surface area contributed by atoms with Gasteiger partial charge in [-0.3, -0.25) is 4.68 Å². The summed E-state index contributed by atoms with van der Waals surface area (Å²) in [5.74, 6) is 0. The molecule has 1 heterocycles. The first-order valence-corrected chi connectivity index (χ1v) is 5.97. The van der Waals surface area contributed by atoms with E-state index in [1.807, 2.05) is 24.0 Å². The van der Waals surface area contributed by atoms with Crippen molar-refractivity contribution >= 4 is 0 Å². The molecule has 0 radical (unpaired) electrons. The van der Waals surface area contributed by atoms with Gasteiger partial charge in [0.25, 0.3) is 0 Å². The maximum atomic E-state index is 4.39. The van der Waals surface area contributed by atoms with Crippen LogP contribution in [0.1, 0.15) is 19.4 Å². The van der Waals surface area contributed by atoms with Gasteiger partial charge in [0.2, 0.25) is 0 Å². The molecule has 0 aliphatic carbocycles. The molecular weight excluding hydrogens is 210 g/mol. The molecule has 3 heteroatoms. The first-order chi connectivity index (χ1) is 8.15. The molecule has 90 valence electrons.